The van der Waals surface area contributed by atoms with Gasteiger partial charge in [0.2, 0.25) is 8.32 Å². The third-order valence-corrected chi connectivity index (χ3v) is 1.92. The molecule has 0 saturated heterocycles. The molecule has 0 aliphatic heterocycles. The monoisotopic (exact) mass is 188 g/mol. The molecule has 0 aliphatic rings. The minimum atomic E-state index is -1.58. The van der Waals surface area contributed by atoms with E-state index in [9.17, 15) is 4.79 Å². The number of esters is 1. The van der Waals surface area contributed by atoms with Crippen molar-refractivity contribution in [1.29, 1.82) is 0 Å². The van der Waals surface area contributed by atoms with Crippen molar-refractivity contribution in [3.63, 3.8) is 0 Å². The highest BCUT2D eigenvalue weighted by atomic mass is 28.4. The number of carbonyl (C=O) groups excluding carboxylic acids is 1. The standard InChI is InChI=1S/C8H16O3Si/c1-7(6-8(9)10-2)11-12(3,4)5/h6H,1-5H3/b7-6+. The largest absolute Gasteiger partial charge is 0.547 e. The Bertz CT molecular complexity index is 191. The maximum Gasteiger partial charge on any atom is 0.333 e. The van der Waals surface area contributed by atoms with Crippen LogP contribution in [0, 0.1) is 0 Å². The molecule has 3 nitrogen and oxygen atoms in total. The molecule has 0 atom stereocenters. The third kappa shape index (κ3) is 5.97. The summed E-state index contributed by atoms with van der Waals surface area (Å²) in [5, 5.41) is 0. The Morgan fingerprint density at radius 1 is 1.33 bits per heavy atom. The average Bonchev–Trinajstić information content (AvgIpc) is 1.82. The van der Waals surface area contributed by atoms with Crippen LogP contribution in [0.5, 0.6) is 0 Å². The lowest BCUT2D eigenvalue weighted by Crippen LogP contribution is -2.24. The molecule has 4 heteroatoms. The fourth-order valence-corrected chi connectivity index (χ4v) is 1.76. The van der Waals surface area contributed by atoms with Crippen molar-refractivity contribution in [2.45, 2.75) is 26.6 Å². The molecule has 0 aromatic carbocycles. The molecule has 0 rings (SSSR count). The molecule has 12 heavy (non-hydrogen) atoms. The number of hydrogen-bond donors (Lipinski definition) is 0. The van der Waals surface area contributed by atoms with Crippen LogP contribution in [-0.2, 0) is 14.0 Å². The summed E-state index contributed by atoms with van der Waals surface area (Å²) in [6.07, 6.45) is 1.36. The van der Waals surface area contributed by atoms with Gasteiger partial charge in [0.1, 0.15) is 0 Å². The lowest BCUT2D eigenvalue weighted by molar-refractivity contribution is -0.135. The molecular weight excluding hydrogens is 172 g/mol. The van der Waals surface area contributed by atoms with Crippen molar-refractivity contribution in [1.82, 2.24) is 0 Å². The van der Waals surface area contributed by atoms with Gasteiger partial charge in [-0.1, -0.05) is 0 Å². The van der Waals surface area contributed by atoms with Crippen molar-refractivity contribution < 1.29 is 14.0 Å². The van der Waals surface area contributed by atoms with Crippen molar-refractivity contribution in [2.24, 2.45) is 0 Å². The summed E-state index contributed by atoms with van der Waals surface area (Å²) in [6.45, 7) is 7.93. The van der Waals surface area contributed by atoms with Crippen LogP contribution in [0.3, 0.4) is 0 Å². The van der Waals surface area contributed by atoms with Gasteiger partial charge in [-0.05, 0) is 26.6 Å². The smallest absolute Gasteiger partial charge is 0.333 e. The lowest BCUT2D eigenvalue weighted by atomic mass is 10.5. The number of ether oxygens (including phenoxy) is 1. The summed E-state index contributed by atoms with van der Waals surface area (Å²) in [6, 6.07) is 0. The third-order valence-electron chi connectivity index (χ3n) is 0.989. The topological polar surface area (TPSA) is 35.5 Å². The summed E-state index contributed by atoms with van der Waals surface area (Å²) in [5.41, 5.74) is 0. The summed E-state index contributed by atoms with van der Waals surface area (Å²) < 4.78 is 9.96. The minimum Gasteiger partial charge on any atom is -0.547 e. The molecule has 0 amide bonds. The predicted molar refractivity (Wildman–Crippen MR) is 50.2 cm³/mol. The zero-order chi connectivity index (χ0) is 9.78. The molecular formula is C8H16O3Si. The van der Waals surface area contributed by atoms with Gasteiger partial charge in [-0.25, -0.2) is 4.79 Å². The summed E-state index contributed by atoms with van der Waals surface area (Å²) in [4.78, 5) is 10.7. The fraction of sp³-hybridized carbons (Fsp3) is 0.625. The van der Waals surface area contributed by atoms with Crippen molar-refractivity contribution in [3.8, 4) is 0 Å². The summed E-state index contributed by atoms with van der Waals surface area (Å²) in [7, 11) is -0.228. The van der Waals surface area contributed by atoms with Gasteiger partial charge < -0.3 is 9.16 Å². The first-order valence-electron chi connectivity index (χ1n) is 3.80. The Hall–Kier alpha value is -0.773. The number of hydrogen-bond acceptors (Lipinski definition) is 3. The molecule has 70 valence electrons. The number of allylic oxidation sites excluding steroid dienone is 1. The van der Waals surface area contributed by atoms with Crippen LogP contribution in [0.1, 0.15) is 6.92 Å². The van der Waals surface area contributed by atoms with Crippen molar-refractivity contribution in [3.05, 3.63) is 11.8 Å². The maximum atomic E-state index is 10.7. The van der Waals surface area contributed by atoms with Crippen LogP contribution >= 0.6 is 0 Å². The van der Waals surface area contributed by atoms with Crippen LogP contribution in [0.4, 0.5) is 0 Å². The van der Waals surface area contributed by atoms with Crippen molar-refractivity contribution >= 4 is 14.3 Å². The highest BCUT2D eigenvalue weighted by Gasteiger charge is 2.16. The van der Waals surface area contributed by atoms with E-state index in [1.807, 2.05) is 0 Å². The molecule has 0 radical (unpaired) electrons. The highest BCUT2D eigenvalue weighted by molar-refractivity contribution is 6.70. The molecule has 0 bridgehead atoms. The van der Waals surface area contributed by atoms with Gasteiger partial charge in [0.05, 0.1) is 18.9 Å². The Morgan fingerprint density at radius 2 is 1.83 bits per heavy atom. The van der Waals surface area contributed by atoms with E-state index in [4.69, 9.17) is 4.43 Å². The van der Waals surface area contributed by atoms with E-state index >= 15 is 0 Å². The quantitative estimate of drug-likeness (QED) is 0.294. The van der Waals surface area contributed by atoms with Crippen LogP contribution in [0.25, 0.3) is 0 Å². The Labute approximate surface area is 74.5 Å². The van der Waals surface area contributed by atoms with Gasteiger partial charge >= 0.3 is 5.97 Å². The molecule has 0 unspecified atom stereocenters. The number of carbonyl (C=O) groups is 1. The molecule has 0 heterocycles. The summed E-state index contributed by atoms with van der Waals surface area (Å²) >= 11 is 0. The van der Waals surface area contributed by atoms with E-state index < -0.39 is 8.32 Å². The van der Waals surface area contributed by atoms with Gasteiger partial charge in [-0.15, -0.1) is 0 Å². The van der Waals surface area contributed by atoms with Crippen LogP contribution in [-0.4, -0.2) is 21.4 Å². The first-order valence-corrected chi connectivity index (χ1v) is 7.21. The normalized spacial score (nSPS) is 12.6. The molecule has 0 N–H and O–H groups in total. The molecule has 0 aliphatic carbocycles. The second kappa shape index (κ2) is 4.30. The van der Waals surface area contributed by atoms with E-state index in [0.717, 1.165) is 0 Å². The average molecular weight is 188 g/mol. The van der Waals surface area contributed by atoms with Crippen molar-refractivity contribution in [2.75, 3.05) is 7.11 Å². The summed E-state index contributed by atoms with van der Waals surface area (Å²) in [5.74, 6) is 0.256. The van der Waals surface area contributed by atoms with E-state index in [2.05, 4.69) is 24.4 Å². The van der Waals surface area contributed by atoms with Gasteiger partial charge in [-0.3, -0.25) is 0 Å². The molecule has 0 saturated carbocycles. The van der Waals surface area contributed by atoms with E-state index in [1.54, 1.807) is 6.92 Å². The van der Waals surface area contributed by atoms with E-state index in [-0.39, 0.29) is 5.97 Å². The van der Waals surface area contributed by atoms with Gasteiger partial charge in [0, 0.05) is 0 Å². The zero-order valence-electron chi connectivity index (χ0n) is 8.30. The lowest BCUT2D eigenvalue weighted by Gasteiger charge is -2.18. The van der Waals surface area contributed by atoms with Crippen LogP contribution < -0.4 is 0 Å². The minimum absolute atomic E-state index is 0.370. The van der Waals surface area contributed by atoms with E-state index in [1.165, 1.54) is 13.2 Å². The predicted octanol–water partition coefficient (Wildman–Crippen LogP) is 1.91. The van der Waals surface area contributed by atoms with E-state index in [0.29, 0.717) is 5.76 Å². The molecule has 0 aromatic rings. The zero-order valence-corrected chi connectivity index (χ0v) is 9.30. The fourth-order valence-electron chi connectivity index (χ4n) is 0.737. The Morgan fingerprint density at radius 3 is 2.17 bits per heavy atom. The Balaban J connectivity index is 4.12. The van der Waals surface area contributed by atoms with Crippen LogP contribution in [0.15, 0.2) is 11.8 Å². The molecule has 0 aromatic heterocycles. The van der Waals surface area contributed by atoms with Crippen LogP contribution in [0.2, 0.25) is 19.6 Å². The number of methoxy groups -OCH3 is 1. The SMILES string of the molecule is COC(=O)/C=C(\C)O[Si](C)(C)C. The second-order valence-electron chi connectivity index (χ2n) is 3.49. The van der Waals surface area contributed by atoms with Gasteiger partial charge in [0.15, 0.2) is 0 Å². The number of rotatable bonds is 3. The first-order chi connectivity index (χ1) is 5.35. The Kier molecular flexibility index (Phi) is 4.02. The second-order valence-corrected chi connectivity index (χ2v) is 7.92. The highest BCUT2D eigenvalue weighted by Crippen LogP contribution is 2.09. The maximum absolute atomic E-state index is 10.7. The van der Waals surface area contributed by atoms with Gasteiger partial charge in [0.25, 0.3) is 0 Å². The first kappa shape index (κ1) is 11.2. The molecule has 0 fully saturated rings. The molecule has 0 spiro atoms. The van der Waals surface area contributed by atoms with Gasteiger partial charge in [-0.2, -0.15) is 0 Å².